The Bertz CT molecular complexity index is 649. The van der Waals surface area contributed by atoms with E-state index in [0.29, 0.717) is 18.6 Å². The molecule has 24 heavy (non-hydrogen) atoms. The number of guanidine groups is 1. The summed E-state index contributed by atoms with van der Waals surface area (Å²) in [7, 11) is 2.09. The van der Waals surface area contributed by atoms with Crippen molar-refractivity contribution in [3.05, 3.63) is 23.3 Å². The normalized spacial score (nSPS) is 27.0. The van der Waals surface area contributed by atoms with Crippen molar-refractivity contribution in [3.63, 3.8) is 0 Å². The number of hydrogen-bond donors (Lipinski definition) is 1. The van der Waals surface area contributed by atoms with Gasteiger partial charge in [0.25, 0.3) is 0 Å². The Morgan fingerprint density at radius 1 is 1.42 bits per heavy atom. The van der Waals surface area contributed by atoms with Crippen molar-refractivity contribution >= 4 is 29.9 Å². The molecule has 1 N–H and O–H groups in total. The van der Waals surface area contributed by atoms with Crippen LogP contribution in [0, 0.1) is 0 Å². The molecule has 3 unspecified atom stereocenters. The first kappa shape index (κ1) is 17.6. The van der Waals surface area contributed by atoms with E-state index >= 15 is 0 Å². The van der Waals surface area contributed by atoms with Crippen LogP contribution in [0.1, 0.15) is 37.3 Å². The summed E-state index contributed by atoms with van der Waals surface area (Å²) < 4.78 is 11.9. The highest BCUT2D eigenvalue weighted by Crippen LogP contribution is 2.48. The maximum atomic E-state index is 5.94. The zero-order chi connectivity index (χ0) is 16.0. The minimum absolute atomic E-state index is 0. The van der Waals surface area contributed by atoms with Crippen molar-refractivity contribution < 1.29 is 9.47 Å². The molecule has 5 nitrogen and oxygen atoms in total. The minimum Gasteiger partial charge on any atom is -0.494 e. The molecule has 1 saturated carbocycles. The number of fused-ring (bicyclic) bond motifs is 1. The molecule has 3 aliphatic rings. The molecule has 132 valence electrons. The van der Waals surface area contributed by atoms with Gasteiger partial charge in [0, 0.05) is 43.1 Å². The molecule has 6 heteroatoms. The van der Waals surface area contributed by atoms with Gasteiger partial charge in [0.2, 0.25) is 0 Å². The number of likely N-dealkylation sites (N-methyl/N-ethyl adjacent to an activating group) is 1. The van der Waals surface area contributed by atoms with E-state index in [4.69, 9.17) is 9.47 Å². The Labute approximate surface area is 160 Å². The van der Waals surface area contributed by atoms with E-state index in [9.17, 15) is 0 Å². The van der Waals surface area contributed by atoms with Gasteiger partial charge in [-0.25, -0.2) is 0 Å². The average Bonchev–Trinajstić information content (AvgIpc) is 3.00. The lowest BCUT2D eigenvalue weighted by atomic mass is 10.0. The summed E-state index contributed by atoms with van der Waals surface area (Å²) in [4.78, 5) is 6.71. The van der Waals surface area contributed by atoms with Gasteiger partial charge in [-0.2, -0.15) is 0 Å². The fourth-order valence-corrected chi connectivity index (χ4v) is 3.58. The fraction of sp³-hybridized carbons (Fsp3) is 0.611. The molecule has 0 saturated heterocycles. The Morgan fingerprint density at radius 3 is 2.96 bits per heavy atom. The van der Waals surface area contributed by atoms with Crippen molar-refractivity contribution in [3.8, 4) is 11.5 Å². The van der Waals surface area contributed by atoms with Gasteiger partial charge >= 0.3 is 0 Å². The Hall–Kier alpha value is -1.18. The van der Waals surface area contributed by atoms with Crippen LogP contribution >= 0.6 is 24.0 Å². The van der Waals surface area contributed by atoms with Crippen LogP contribution in [0.15, 0.2) is 17.1 Å². The number of aliphatic imine (C=N–C) groups is 1. The lowest BCUT2D eigenvalue weighted by Gasteiger charge is -2.16. The first-order chi connectivity index (χ1) is 11.2. The molecule has 0 radical (unpaired) electrons. The van der Waals surface area contributed by atoms with E-state index < -0.39 is 0 Å². The molecule has 3 atom stereocenters. The van der Waals surface area contributed by atoms with E-state index in [1.165, 1.54) is 11.1 Å². The quantitative estimate of drug-likeness (QED) is 0.728. The molecule has 0 amide bonds. The van der Waals surface area contributed by atoms with E-state index in [1.54, 1.807) is 0 Å². The maximum Gasteiger partial charge on any atom is 0.194 e. The third-order valence-electron chi connectivity index (χ3n) is 4.89. The number of hydrogen-bond acceptors (Lipinski definition) is 5. The van der Waals surface area contributed by atoms with E-state index in [1.807, 2.05) is 6.92 Å². The van der Waals surface area contributed by atoms with Gasteiger partial charge in [0.15, 0.2) is 5.96 Å². The predicted octanol–water partition coefficient (Wildman–Crippen LogP) is 2.77. The maximum absolute atomic E-state index is 5.94. The smallest absolute Gasteiger partial charge is 0.194 e. The molecule has 1 aromatic rings. The molecule has 2 heterocycles. The Balaban J connectivity index is 0.00000169. The topological polar surface area (TPSA) is 46.1 Å². The molecular weight excluding hydrogens is 417 g/mol. The second-order valence-electron chi connectivity index (χ2n) is 6.78. The molecular formula is C18H26IN3O2. The summed E-state index contributed by atoms with van der Waals surface area (Å²) in [5.41, 5.74) is 2.55. The van der Waals surface area contributed by atoms with E-state index in [2.05, 4.69) is 41.3 Å². The molecule has 1 aromatic carbocycles. The largest absolute Gasteiger partial charge is 0.494 e. The van der Waals surface area contributed by atoms with Crippen LogP contribution in [0.4, 0.5) is 0 Å². The Morgan fingerprint density at radius 2 is 2.25 bits per heavy atom. The number of halogens is 1. The lowest BCUT2D eigenvalue weighted by molar-refractivity contribution is 0.254. The van der Waals surface area contributed by atoms with Gasteiger partial charge in [0.05, 0.1) is 13.2 Å². The summed E-state index contributed by atoms with van der Waals surface area (Å²) in [6.45, 7) is 6.76. The first-order valence-electron chi connectivity index (χ1n) is 8.64. The second-order valence-corrected chi connectivity index (χ2v) is 6.78. The molecule has 0 aromatic heterocycles. The zero-order valence-electron chi connectivity index (χ0n) is 14.5. The van der Waals surface area contributed by atoms with Gasteiger partial charge in [0.1, 0.15) is 17.6 Å². The monoisotopic (exact) mass is 443 g/mol. The lowest BCUT2D eigenvalue weighted by Crippen LogP contribution is -2.37. The van der Waals surface area contributed by atoms with Crippen LogP contribution in [0.2, 0.25) is 0 Å². The van der Waals surface area contributed by atoms with Crippen LogP contribution in [0.25, 0.3) is 0 Å². The van der Waals surface area contributed by atoms with Crippen LogP contribution in [-0.2, 0) is 6.42 Å². The highest BCUT2D eigenvalue weighted by Gasteiger charge is 2.42. The molecule has 0 bridgehead atoms. The summed E-state index contributed by atoms with van der Waals surface area (Å²) in [5.74, 6) is 3.58. The van der Waals surface area contributed by atoms with E-state index in [0.717, 1.165) is 43.4 Å². The SMILES string of the molecule is CCOc1cc2c(cc1C1CC1NC1=NCCN1C)OC(C)C2.I. The van der Waals surface area contributed by atoms with Gasteiger partial charge in [-0.05, 0) is 32.4 Å². The van der Waals surface area contributed by atoms with Crippen molar-refractivity contribution in [2.45, 2.75) is 44.8 Å². The molecule has 4 rings (SSSR count). The van der Waals surface area contributed by atoms with Crippen LogP contribution in [0.3, 0.4) is 0 Å². The number of nitrogens with zero attached hydrogens (tertiary/aromatic N) is 2. The van der Waals surface area contributed by atoms with Gasteiger partial charge in [-0.1, -0.05) is 0 Å². The number of ether oxygens (including phenoxy) is 2. The van der Waals surface area contributed by atoms with Gasteiger partial charge in [-0.3, -0.25) is 4.99 Å². The molecule has 0 spiro atoms. The summed E-state index contributed by atoms with van der Waals surface area (Å²) in [6, 6.07) is 4.84. The summed E-state index contributed by atoms with van der Waals surface area (Å²) in [5, 5.41) is 3.58. The third kappa shape index (κ3) is 3.30. The van der Waals surface area contributed by atoms with Crippen molar-refractivity contribution in [2.75, 3.05) is 26.7 Å². The Kier molecular flexibility index (Phi) is 5.13. The van der Waals surface area contributed by atoms with Crippen molar-refractivity contribution in [1.82, 2.24) is 10.2 Å². The first-order valence-corrected chi connectivity index (χ1v) is 8.64. The zero-order valence-corrected chi connectivity index (χ0v) is 16.9. The van der Waals surface area contributed by atoms with Crippen molar-refractivity contribution in [1.29, 1.82) is 0 Å². The highest BCUT2D eigenvalue weighted by atomic mass is 127. The fourth-order valence-electron chi connectivity index (χ4n) is 3.58. The third-order valence-corrected chi connectivity index (χ3v) is 4.89. The number of rotatable bonds is 4. The van der Waals surface area contributed by atoms with Crippen LogP contribution < -0.4 is 14.8 Å². The summed E-state index contributed by atoms with van der Waals surface area (Å²) >= 11 is 0. The van der Waals surface area contributed by atoms with Crippen LogP contribution in [-0.4, -0.2) is 49.7 Å². The molecule has 2 aliphatic heterocycles. The van der Waals surface area contributed by atoms with Gasteiger partial charge < -0.3 is 19.7 Å². The predicted molar refractivity (Wildman–Crippen MR) is 106 cm³/mol. The van der Waals surface area contributed by atoms with Crippen LogP contribution in [0.5, 0.6) is 11.5 Å². The minimum atomic E-state index is 0. The molecule has 1 aliphatic carbocycles. The van der Waals surface area contributed by atoms with Crippen molar-refractivity contribution in [2.24, 2.45) is 4.99 Å². The number of nitrogens with one attached hydrogen (secondary N) is 1. The summed E-state index contributed by atoms with van der Waals surface area (Å²) in [6.07, 6.45) is 2.37. The standard InChI is InChI=1S/C18H25N3O2.HI/c1-4-22-17-8-12-7-11(2)23-16(12)10-14(17)13-9-15(13)20-18-19-5-6-21(18)3;/h8,10-11,13,15H,4-7,9H2,1-3H3,(H,19,20);1H. The average molecular weight is 443 g/mol. The van der Waals surface area contributed by atoms with Gasteiger partial charge in [-0.15, -0.1) is 24.0 Å². The molecule has 1 fully saturated rings. The second kappa shape index (κ2) is 6.98. The highest BCUT2D eigenvalue weighted by molar-refractivity contribution is 14.0. The van der Waals surface area contributed by atoms with E-state index in [-0.39, 0.29) is 30.1 Å². The number of benzene rings is 1.